The van der Waals surface area contributed by atoms with E-state index in [1.54, 1.807) is 24.3 Å². The number of benzene rings is 3. The maximum absolute atomic E-state index is 13.3. The van der Waals surface area contributed by atoms with Crippen LogP contribution in [0.1, 0.15) is 11.1 Å². The highest BCUT2D eigenvalue weighted by Gasteiger charge is 2.33. The Hall–Kier alpha value is -2.30. The third-order valence-corrected chi connectivity index (χ3v) is 7.20. The molecule has 0 saturated carbocycles. The van der Waals surface area contributed by atoms with Gasteiger partial charge in [-0.1, -0.05) is 46.9 Å². The SMILES string of the molecule is O=C(CN(Cc1cccc(Cl)c1)S(=O)(=O)c1ccc(Cl)cc1)Nc1ccc(Cl)c(C(F)(F)F)c1. The van der Waals surface area contributed by atoms with Gasteiger partial charge >= 0.3 is 6.18 Å². The average molecular weight is 552 g/mol. The number of amides is 1. The molecule has 1 amide bonds. The maximum Gasteiger partial charge on any atom is 0.417 e. The second-order valence-electron chi connectivity index (χ2n) is 7.10. The van der Waals surface area contributed by atoms with Gasteiger partial charge < -0.3 is 5.32 Å². The zero-order chi connectivity index (χ0) is 25.1. The Morgan fingerprint density at radius 3 is 2.21 bits per heavy atom. The summed E-state index contributed by atoms with van der Waals surface area (Å²) in [6.45, 7) is -0.894. The number of halogens is 6. The number of hydrogen-bond acceptors (Lipinski definition) is 3. The Balaban J connectivity index is 1.89. The lowest BCUT2D eigenvalue weighted by Crippen LogP contribution is -2.37. The zero-order valence-corrected chi connectivity index (χ0v) is 20.2. The van der Waals surface area contributed by atoms with Crippen molar-refractivity contribution in [3.05, 3.63) is 92.9 Å². The molecule has 0 atom stereocenters. The van der Waals surface area contributed by atoms with Crippen LogP contribution in [0.15, 0.2) is 71.6 Å². The van der Waals surface area contributed by atoms with Crippen LogP contribution < -0.4 is 5.32 Å². The minimum Gasteiger partial charge on any atom is -0.325 e. The molecule has 0 unspecified atom stereocenters. The maximum atomic E-state index is 13.3. The molecule has 0 aliphatic carbocycles. The molecule has 180 valence electrons. The van der Waals surface area contributed by atoms with E-state index in [9.17, 15) is 26.4 Å². The van der Waals surface area contributed by atoms with Gasteiger partial charge in [0.25, 0.3) is 0 Å². The second-order valence-corrected chi connectivity index (χ2v) is 10.3. The lowest BCUT2D eigenvalue weighted by molar-refractivity contribution is -0.137. The van der Waals surface area contributed by atoms with E-state index in [-0.39, 0.29) is 17.1 Å². The first-order valence-corrected chi connectivity index (χ1v) is 12.1. The van der Waals surface area contributed by atoms with E-state index < -0.39 is 39.2 Å². The van der Waals surface area contributed by atoms with Gasteiger partial charge in [-0.25, -0.2) is 8.42 Å². The first kappa shape index (κ1) is 26.3. The molecule has 0 bridgehead atoms. The van der Waals surface area contributed by atoms with Crippen LogP contribution in [0.2, 0.25) is 15.1 Å². The van der Waals surface area contributed by atoms with Crippen molar-refractivity contribution < 1.29 is 26.4 Å². The third-order valence-electron chi connectivity index (χ3n) is 4.57. The van der Waals surface area contributed by atoms with Crippen molar-refractivity contribution >= 4 is 56.4 Å². The van der Waals surface area contributed by atoms with Crippen LogP contribution in [0, 0.1) is 0 Å². The Kier molecular flexibility index (Phi) is 8.15. The molecule has 0 radical (unpaired) electrons. The molecule has 0 saturated heterocycles. The smallest absolute Gasteiger partial charge is 0.325 e. The molecular formula is C22H16Cl3F3N2O3S. The monoisotopic (exact) mass is 550 g/mol. The van der Waals surface area contributed by atoms with Crippen LogP contribution in [0.3, 0.4) is 0 Å². The lowest BCUT2D eigenvalue weighted by Gasteiger charge is -2.22. The molecule has 12 heteroatoms. The summed E-state index contributed by atoms with van der Waals surface area (Å²) in [5.74, 6) is -0.852. The predicted octanol–water partition coefficient (Wildman–Crippen LogP) is 6.50. The molecule has 3 rings (SSSR count). The van der Waals surface area contributed by atoms with Crippen molar-refractivity contribution in [1.29, 1.82) is 0 Å². The van der Waals surface area contributed by atoms with Crippen molar-refractivity contribution in [3.8, 4) is 0 Å². The number of hydrogen-bond donors (Lipinski definition) is 1. The van der Waals surface area contributed by atoms with E-state index in [0.29, 0.717) is 21.7 Å². The van der Waals surface area contributed by atoms with Gasteiger partial charge in [-0.2, -0.15) is 17.5 Å². The quantitative estimate of drug-likeness (QED) is 0.365. The molecule has 0 aromatic heterocycles. The third kappa shape index (κ3) is 6.64. The summed E-state index contributed by atoms with van der Waals surface area (Å²) in [5, 5.41) is 2.45. The number of carbonyl (C=O) groups is 1. The van der Waals surface area contributed by atoms with Crippen LogP contribution in [0.5, 0.6) is 0 Å². The van der Waals surface area contributed by atoms with Crippen LogP contribution in [-0.4, -0.2) is 25.2 Å². The summed E-state index contributed by atoms with van der Waals surface area (Å²) in [6, 6.07) is 14.6. The first-order chi connectivity index (χ1) is 15.9. The Morgan fingerprint density at radius 1 is 0.912 bits per heavy atom. The summed E-state index contributed by atoms with van der Waals surface area (Å²) in [7, 11) is -4.18. The molecule has 3 aromatic rings. The van der Waals surface area contributed by atoms with Gasteiger partial charge in [0.1, 0.15) is 0 Å². The summed E-state index contributed by atoms with van der Waals surface area (Å²) < 4.78 is 66.8. The molecule has 34 heavy (non-hydrogen) atoms. The lowest BCUT2D eigenvalue weighted by atomic mass is 10.2. The first-order valence-electron chi connectivity index (χ1n) is 9.53. The summed E-state index contributed by atoms with van der Waals surface area (Å²) in [4.78, 5) is 12.6. The van der Waals surface area contributed by atoms with E-state index in [0.717, 1.165) is 10.4 Å². The van der Waals surface area contributed by atoms with E-state index in [1.165, 1.54) is 30.3 Å². The van der Waals surface area contributed by atoms with E-state index in [1.807, 2.05) is 0 Å². The minimum atomic E-state index is -4.73. The Labute approximate surface area is 209 Å². The topological polar surface area (TPSA) is 66.5 Å². The van der Waals surface area contributed by atoms with Crippen LogP contribution in [0.4, 0.5) is 18.9 Å². The Bertz CT molecular complexity index is 1300. The van der Waals surface area contributed by atoms with E-state index in [2.05, 4.69) is 5.32 Å². The number of alkyl halides is 3. The molecule has 5 nitrogen and oxygen atoms in total. The second kappa shape index (κ2) is 10.5. The van der Waals surface area contributed by atoms with Gasteiger partial charge in [0.2, 0.25) is 15.9 Å². The number of nitrogens with one attached hydrogen (secondary N) is 1. The molecule has 0 aliphatic rings. The van der Waals surface area contributed by atoms with Gasteiger partial charge in [-0.05, 0) is 60.2 Å². The summed E-state index contributed by atoms with van der Waals surface area (Å²) in [5.41, 5.74) is -0.812. The minimum absolute atomic E-state index is 0.113. The van der Waals surface area contributed by atoms with Crippen LogP contribution >= 0.6 is 34.8 Å². The highest BCUT2D eigenvalue weighted by molar-refractivity contribution is 7.89. The zero-order valence-electron chi connectivity index (χ0n) is 17.1. The Morgan fingerprint density at radius 2 is 1.59 bits per heavy atom. The van der Waals surface area contributed by atoms with E-state index in [4.69, 9.17) is 34.8 Å². The van der Waals surface area contributed by atoms with Crippen molar-refractivity contribution in [2.75, 3.05) is 11.9 Å². The van der Waals surface area contributed by atoms with Crippen LogP contribution in [-0.2, 0) is 27.5 Å². The highest BCUT2D eigenvalue weighted by atomic mass is 35.5. The van der Waals surface area contributed by atoms with Crippen molar-refractivity contribution in [2.45, 2.75) is 17.6 Å². The van der Waals surface area contributed by atoms with Crippen molar-refractivity contribution in [3.63, 3.8) is 0 Å². The highest BCUT2D eigenvalue weighted by Crippen LogP contribution is 2.36. The van der Waals surface area contributed by atoms with Crippen LogP contribution in [0.25, 0.3) is 0 Å². The van der Waals surface area contributed by atoms with Gasteiger partial charge in [0, 0.05) is 22.3 Å². The van der Waals surface area contributed by atoms with Gasteiger partial charge in [-0.15, -0.1) is 0 Å². The molecule has 0 spiro atoms. The average Bonchev–Trinajstić information content (AvgIpc) is 2.74. The number of anilines is 1. The number of sulfonamides is 1. The fourth-order valence-corrected chi connectivity index (χ4v) is 4.95. The number of rotatable bonds is 7. The summed E-state index contributed by atoms with van der Waals surface area (Å²) in [6.07, 6.45) is -4.73. The molecule has 0 heterocycles. The van der Waals surface area contributed by atoms with E-state index >= 15 is 0 Å². The predicted molar refractivity (Wildman–Crippen MR) is 126 cm³/mol. The molecule has 3 aromatic carbocycles. The molecule has 1 N–H and O–H groups in total. The summed E-state index contributed by atoms with van der Waals surface area (Å²) >= 11 is 17.4. The molecule has 0 fully saturated rings. The largest absolute Gasteiger partial charge is 0.417 e. The number of carbonyl (C=O) groups excluding carboxylic acids is 1. The number of nitrogens with zero attached hydrogens (tertiary/aromatic N) is 1. The molecular weight excluding hydrogens is 536 g/mol. The fourth-order valence-electron chi connectivity index (χ4n) is 3.00. The molecule has 0 aliphatic heterocycles. The standard InChI is InChI=1S/C22H16Cl3F3N2O3S/c23-15-4-7-18(8-5-15)34(32,33)30(12-14-2-1-3-16(24)10-14)13-21(31)29-17-6-9-20(25)19(11-17)22(26,27)28/h1-11H,12-13H2,(H,29,31). The normalized spacial score (nSPS) is 12.1. The fraction of sp³-hybridized carbons (Fsp3) is 0.136. The van der Waals surface area contributed by atoms with Gasteiger partial charge in [-0.3, -0.25) is 4.79 Å². The van der Waals surface area contributed by atoms with Crippen molar-refractivity contribution in [1.82, 2.24) is 4.31 Å². The van der Waals surface area contributed by atoms with Gasteiger partial charge in [0.15, 0.2) is 0 Å². The van der Waals surface area contributed by atoms with Gasteiger partial charge in [0.05, 0.1) is 22.0 Å². The van der Waals surface area contributed by atoms with Crippen molar-refractivity contribution in [2.24, 2.45) is 0 Å².